The summed E-state index contributed by atoms with van der Waals surface area (Å²) in [5.74, 6) is -0.893. The summed E-state index contributed by atoms with van der Waals surface area (Å²) in [6.07, 6.45) is 16.7. The number of amides is 2. The fourth-order valence-corrected chi connectivity index (χ4v) is 4.37. The third-order valence-electron chi connectivity index (χ3n) is 6.71. The van der Waals surface area contributed by atoms with Crippen LogP contribution in [0, 0.1) is 16.0 Å². The molecule has 0 aliphatic carbocycles. The highest BCUT2D eigenvalue weighted by atomic mass is 16.9. The molecule has 10 heteroatoms. The molecule has 10 nitrogen and oxygen atoms in total. The highest BCUT2D eigenvalue weighted by Gasteiger charge is 2.24. The molecule has 252 valence electrons. The predicted octanol–water partition coefficient (Wildman–Crippen LogP) is 7.27. The molecule has 0 radical (unpaired) electrons. The Kier molecular flexibility index (Phi) is 30.1. The van der Waals surface area contributed by atoms with Gasteiger partial charge in [0, 0.05) is 6.42 Å². The fourth-order valence-electron chi connectivity index (χ4n) is 4.37. The largest absolute Gasteiger partial charge is 0.464 e. The van der Waals surface area contributed by atoms with E-state index in [-0.39, 0.29) is 32.0 Å². The molecule has 0 aliphatic rings. The van der Waals surface area contributed by atoms with Gasteiger partial charge in [-0.1, -0.05) is 109 Å². The van der Waals surface area contributed by atoms with Crippen LogP contribution in [0.4, 0.5) is 0 Å². The van der Waals surface area contributed by atoms with Crippen molar-refractivity contribution in [3.8, 4) is 0 Å². The number of hydrogen-bond acceptors (Lipinski definition) is 7. The number of aryl methyl sites for hydroxylation is 1. The molecule has 2 atom stereocenters. The number of ether oxygens (including phenoxy) is 1. The number of allylic oxidation sites excluding steroid dienone is 2. The molecule has 0 bridgehead atoms. The lowest BCUT2D eigenvalue weighted by molar-refractivity contribution is -0.757. The first-order chi connectivity index (χ1) is 21.2. The van der Waals surface area contributed by atoms with Crippen LogP contribution in [0.5, 0.6) is 0 Å². The Morgan fingerprint density at radius 1 is 0.977 bits per heavy atom. The molecular weight excluding hydrogens is 562 g/mol. The zero-order chi connectivity index (χ0) is 33.4. The van der Waals surface area contributed by atoms with Gasteiger partial charge in [0.1, 0.15) is 6.04 Å². The number of nitrogens with zero attached hydrogens (tertiary/aromatic N) is 1. The third-order valence-corrected chi connectivity index (χ3v) is 6.71. The maximum Gasteiger partial charge on any atom is 0.329 e. The van der Waals surface area contributed by atoms with Crippen LogP contribution in [0.15, 0.2) is 42.5 Å². The standard InChI is InChI=1S/C17H28.C15H25N3O7.C2H6/c1-3-11-16(4-2)12-7-5-8-13-17-14-9-6-10-15-17;1-2-3-4-5-8-14(20)17-12(11-13(16)19)15(21)24-9-6-7-10-25-18(22)23;1-2/h6,9-10,14-16H,3-5,7-8,11-13H2,1-2H3;2-3,12H,4-11H2,1H3,(H2,16,19)(H,17,20);1-2H3/b;3-2-;. The smallest absolute Gasteiger partial charge is 0.329 e. The van der Waals surface area contributed by atoms with Crippen molar-refractivity contribution in [1.82, 2.24) is 5.32 Å². The molecule has 0 heterocycles. The van der Waals surface area contributed by atoms with E-state index in [1.165, 1.54) is 56.9 Å². The minimum Gasteiger partial charge on any atom is -0.464 e. The van der Waals surface area contributed by atoms with Crippen LogP contribution < -0.4 is 11.1 Å². The van der Waals surface area contributed by atoms with Gasteiger partial charge in [0.15, 0.2) is 0 Å². The Bertz CT molecular complexity index is 894. The summed E-state index contributed by atoms with van der Waals surface area (Å²) in [6.45, 7) is 10.4. The minimum atomic E-state index is -1.14. The molecule has 1 rings (SSSR count). The van der Waals surface area contributed by atoms with Crippen molar-refractivity contribution in [2.24, 2.45) is 11.7 Å². The van der Waals surface area contributed by atoms with Gasteiger partial charge in [0.25, 0.3) is 5.09 Å². The molecular formula is C34H59N3O7. The van der Waals surface area contributed by atoms with Crippen molar-refractivity contribution in [1.29, 1.82) is 0 Å². The van der Waals surface area contributed by atoms with Crippen molar-refractivity contribution in [2.45, 2.75) is 131 Å². The van der Waals surface area contributed by atoms with Crippen LogP contribution in [-0.2, 0) is 30.4 Å². The van der Waals surface area contributed by atoms with E-state index >= 15 is 0 Å². The van der Waals surface area contributed by atoms with Gasteiger partial charge in [-0.15, -0.1) is 10.1 Å². The van der Waals surface area contributed by atoms with Crippen LogP contribution in [0.1, 0.15) is 124 Å². The van der Waals surface area contributed by atoms with E-state index in [0.29, 0.717) is 19.3 Å². The van der Waals surface area contributed by atoms with Crippen molar-refractivity contribution in [3.63, 3.8) is 0 Å². The number of primary amides is 1. The van der Waals surface area contributed by atoms with E-state index < -0.39 is 23.0 Å². The van der Waals surface area contributed by atoms with E-state index in [1.54, 1.807) is 0 Å². The molecule has 0 saturated carbocycles. The molecule has 1 aromatic rings. The first-order valence-electron chi connectivity index (χ1n) is 16.4. The van der Waals surface area contributed by atoms with Gasteiger partial charge in [-0.05, 0) is 56.9 Å². The molecule has 3 N–H and O–H groups in total. The number of carbonyl (C=O) groups is 3. The quantitative estimate of drug-likeness (QED) is 0.0429. The Morgan fingerprint density at radius 3 is 2.25 bits per heavy atom. The van der Waals surface area contributed by atoms with Gasteiger partial charge >= 0.3 is 5.97 Å². The first kappa shape index (κ1) is 42.7. The van der Waals surface area contributed by atoms with Crippen molar-refractivity contribution in [3.05, 3.63) is 58.2 Å². The lowest BCUT2D eigenvalue weighted by Gasteiger charge is -2.16. The number of nitrogens with one attached hydrogen (secondary N) is 1. The SMILES string of the molecule is C/C=C\CCCC(=O)NC(CC(N)=O)C(=O)OCCCCO[N+](=O)[O-].CC.CCCC(CC)CCCCCc1ccccc1. The number of unbranched alkanes of at least 4 members (excludes halogenated alkanes) is 4. The second-order valence-electron chi connectivity index (χ2n) is 10.3. The summed E-state index contributed by atoms with van der Waals surface area (Å²) in [5.41, 5.74) is 6.58. The lowest BCUT2D eigenvalue weighted by atomic mass is 9.93. The monoisotopic (exact) mass is 621 g/mol. The maximum atomic E-state index is 11.9. The second-order valence-corrected chi connectivity index (χ2v) is 10.3. The van der Waals surface area contributed by atoms with Crippen molar-refractivity contribution >= 4 is 17.8 Å². The number of benzene rings is 1. The molecule has 0 saturated heterocycles. The van der Waals surface area contributed by atoms with E-state index in [4.69, 9.17) is 10.5 Å². The first-order valence-corrected chi connectivity index (χ1v) is 16.4. The molecule has 2 amide bonds. The van der Waals surface area contributed by atoms with Gasteiger partial charge in [0.2, 0.25) is 11.8 Å². The molecule has 1 aromatic carbocycles. The Morgan fingerprint density at radius 2 is 1.66 bits per heavy atom. The maximum absolute atomic E-state index is 11.9. The molecule has 0 aliphatic heterocycles. The predicted molar refractivity (Wildman–Crippen MR) is 176 cm³/mol. The van der Waals surface area contributed by atoms with Crippen molar-refractivity contribution < 1.29 is 29.0 Å². The number of rotatable bonds is 23. The normalized spacial score (nSPS) is 11.7. The summed E-state index contributed by atoms with van der Waals surface area (Å²) in [5, 5.41) is 11.5. The topological polar surface area (TPSA) is 151 Å². The van der Waals surface area contributed by atoms with Gasteiger partial charge in [-0.3, -0.25) is 9.59 Å². The van der Waals surface area contributed by atoms with E-state index in [0.717, 1.165) is 12.3 Å². The average molecular weight is 622 g/mol. The zero-order valence-corrected chi connectivity index (χ0v) is 27.9. The summed E-state index contributed by atoms with van der Waals surface area (Å²) in [4.78, 5) is 48.9. The number of carbonyl (C=O) groups excluding carboxylic acids is 3. The summed E-state index contributed by atoms with van der Waals surface area (Å²) in [7, 11) is 0. The van der Waals surface area contributed by atoms with E-state index in [1.807, 2.05) is 32.9 Å². The fraction of sp³-hybridized carbons (Fsp3) is 0.676. The van der Waals surface area contributed by atoms with Crippen molar-refractivity contribution in [2.75, 3.05) is 13.2 Å². The highest BCUT2D eigenvalue weighted by molar-refractivity contribution is 5.88. The van der Waals surface area contributed by atoms with Crippen LogP contribution in [0.3, 0.4) is 0 Å². The number of nitrogens with two attached hydrogens (primary N) is 1. The Hall–Kier alpha value is -3.43. The Balaban J connectivity index is 0. The number of hydrogen-bond donors (Lipinski definition) is 2. The van der Waals surface area contributed by atoms with E-state index in [9.17, 15) is 24.5 Å². The van der Waals surface area contributed by atoms with Gasteiger partial charge in [-0.2, -0.15) is 0 Å². The molecule has 44 heavy (non-hydrogen) atoms. The zero-order valence-electron chi connectivity index (χ0n) is 27.9. The van der Waals surface area contributed by atoms with Crippen LogP contribution >= 0.6 is 0 Å². The minimum absolute atomic E-state index is 0.00760. The number of esters is 1. The molecule has 0 fully saturated rings. The van der Waals surface area contributed by atoms with Gasteiger partial charge in [-0.25, -0.2) is 4.79 Å². The molecule has 0 spiro atoms. The lowest BCUT2D eigenvalue weighted by Crippen LogP contribution is -2.44. The van der Waals surface area contributed by atoms with Crippen LogP contribution in [0.25, 0.3) is 0 Å². The Labute approximate surface area is 265 Å². The second kappa shape index (κ2) is 31.0. The van der Waals surface area contributed by atoms with Gasteiger partial charge < -0.3 is 20.6 Å². The summed E-state index contributed by atoms with van der Waals surface area (Å²) in [6, 6.07) is 9.73. The van der Waals surface area contributed by atoms with E-state index in [2.05, 4.69) is 54.3 Å². The van der Waals surface area contributed by atoms with Gasteiger partial charge in [0.05, 0.1) is 19.6 Å². The highest BCUT2D eigenvalue weighted by Crippen LogP contribution is 2.19. The molecule has 0 aromatic heterocycles. The average Bonchev–Trinajstić information content (AvgIpc) is 3.01. The van der Waals surface area contributed by atoms with Crippen LogP contribution in [0.2, 0.25) is 0 Å². The summed E-state index contributed by atoms with van der Waals surface area (Å²) >= 11 is 0. The van der Waals surface area contributed by atoms with Crippen LogP contribution in [-0.4, -0.2) is 42.1 Å². The summed E-state index contributed by atoms with van der Waals surface area (Å²) < 4.78 is 4.96. The third kappa shape index (κ3) is 27.4. The molecule has 2 unspecified atom stereocenters.